The highest BCUT2D eigenvalue weighted by atomic mass is 15.5. The minimum atomic E-state index is 0.764. The summed E-state index contributed by atoms with van der Waals surface area (Å²) in [6.07, 6.45) is 5.85. The normalized spacial score (nSPS) is 43.0. The van der Waals surface area contributed by atoms with Crippen LogP contribution in [-0.4, -0.2) is 24.6 Å². The first-order valence-corrected chi connectivity index (χ1v) is 5.27. The third kappa shape index (κ3) is 1.27. The van der Waals surface area contributed by atoms with E-state index in [0.29, 0.717) is 0 Å². The molecule has 0 aromatic carbocycles. The van der Waals surface area contributed by atoms with Crippen molar-refractivity contribution in [1.29, 1.82) is 0 Å². The first kappa shape index (κ1) is 8.52. The van der Waals surface area contributed by atoms with Crippen LogP contribution in [0.2, 0.25) is 0 Å². The average molecular weight is 168 g/mol. The van der Waals surface area contributed by atoms with Gasteiger partial charge in [0.25, 0.3) is 0 Å². The molecular formula is C10H20N2. The highest BCUT2D eigenvalue weighted by Crippen LogP contribution is 2.39. The molecule has 2 heteroatoms. The molecule has 3 atom stereocenters. The summed E-state index contributed by atoms with van der Waals surface area (Å²) < 4.78 is 0. The van der Waals surface area contributed by atoms with Crippen LogP contribution < -0.4 is 5.43 Å². The number of fused-ring (bicyclic) bond motifs is 1. The van der Waals surface area contributed by atoms with Gasteiger partial charge in [-0.2, -0.15) is 0 Å². The number of rotatable bonds is 1. The van der Waals surface area contributed by atoms with E-state index in [4.69, 9.17) is 0 Å². The van der Waals surface area contributed by atoms with Gasteiger partial charge >= 0.3 is 0 Å². The Kier molecular flexibility index (Phi) is 2.37. The van der Waals surface area contributed by atoms with E-state index in [1.54, 1.807) is 0 Å². The van der Waals surface area contributed by atoms with Crippen LogP contribution in [-0.2, 0) is 0 Å². The fraction of sp³-hybridized carbons (Fsp3) is 1.00. The van der Waals surface area contributed by atoms with Gasteiger partial charge in [0, 0.05) is 12.6 Å². The molecule has 0 aromatic heterocycles. The summed E-state index contributed by atoms with van der Waals surface area (Å²) in [7, 11) is 2.05. The van der Waals surface area contributed by atoms with Crippen molar-refractivity contribution in [3.63, 3.8) is 0 Å². The molecule has 2 nitrogen and oxygen atoms in total. The monoisotopic (exact) mass is 168 g/mol. The fourth-order valence-electron chi connectivity index (χ4n) is 3.04. The zero-order valence-corrected chi connectivity index (χ0v) is 8.21. The summed E-state index contributed by atoms with van der Waals surface area (Å²) in [5.74, 6) is 1.97. The smallest absolute Gasteiger partial charge is 0.0246 e. The number of hydrogen-bond acceptors (Lipinski definition) is 2. The Morgan fingerprint density at radius 3 is 2.67 bits per heavy atom. The standard InChI is InChI=1S/C10H20N2/c1-8-10-6-4-3-5-9(10)7-12(8)11-2/h8-11H,3-7H2,1-2H3. The summed E-state index contributed by atoms with van der Waals surface area (Å²) in [6.45, 7) is 3.65. The maximum Gasteiger partial charge on any atom is 0.0246 e. The maximum atomic E-state index is 3.30. The van der Waals surface area contributed by atoms with Gasteiger partial charge in [-0.25, -0.2) is 5.01 Å². The lowest BCUT2D eigenvalue weighted by atomic mass is 9.79. The molecule has 0 bridgehead atoms. The molecule has 1 aliphatic heterocycles. The van der Waals surface area contributed by atoms with Gasteiger partial charge in [0.05, 0.1) is 0 Å². The predicted octanol–water partition coefficient (Wildman–Crippen LogP) is 1.63. The van der Waals surface area contributed by atoms with Gasteiger partial charge in [-0.1, -0.05) is 12.8 Å². The van der Waals surface area contributed by atoms with Gasteiger partial charge < -0.3 is 0 Å². The van der Waals surface area contributed by atoms with Crippen LogP contribution in [0, 0.1) is 11.8 Å². The van der Waals surface area contributed by atoms with E-state index < -0.39 is 0 Å². The van der Waals surface area contributed by atoms with Crippen LogP contribution in [0.25, 0.3) is 0 Å². The second-order valence-corrected chi connectivity index (χ2v) is 4.32. The van der Waals surface area contributed by atoms with Crippen molar-refractivity contribution in [2.45, 2.75) is 38.6 Å². The third-order valence-electron chi connectivity index (χ3n) is 3.80. The molecule has 3 unspecified atom stereocenters. The summed E-state index contributed by atoms with van der Waals surface area (Å²) >= 11 is 0. The molecule has 1 N–H and O–H groups in total. The van der Waals surface area contributed by atoms with Gasteiger partial charge in [-0.15, -0.1) is 0 Å². The van der Waals surface area contributed by atoms with Crippen LogP contribution in [0.15, 0.2) is 0 Å². The lowest BCUT2D eigenvalue weighted by molar-refractivity contribution is 0.177. The molecule has 0 radical (unpaired) electrons. The second kappa shape index (κ2) is 3.35. The highest BCUT2D eigenvalue weighted by Gasteiger charge is 2.39. The molecule has 1 saturated carbocycles. The van der Waals surface area contributed by atoms with E-state index in [1.165, 1.54) is 32.2 Å². The van der Waals surface area contributed by atoms with E-state index >= 15 is 0 Å². The Morgan fingerprint density at radius 1 is 1.25 bits per heavy atom. The minimum Gasteiger partial charge on any atom is -0.258 e. The van der Waals surface area contributed by atoms with Gasteiger partial charge in [0.1, 0.15) is 0 Å². The van der Waals surface area contributed by atoms with Crippen LogP contribution in [0.3, 0.4) is 0 Å². The van der Waals surface area contributed by atoms with Crippen molar-refractivity contribution in [1.82, 2.24) is 10.4 Å². The molecule has 1 aliphatic carbocycles. The molecule has 0 spiro atoms. The van der Waals surface area contributed by atoms with Crippen molar-refractivity contribution in [2.75, 3.05) is 13.6 Å². The van der Waals surface area contributed by atoms with E-state index in [0.717, 1.165) is 17.9 Å². The van der Waals surface area contributed by atoms with Crippen LogP contribution in [0.5, 0.6) is 0 Å². The molecular weight excluding hydrogens is 148 g/mol. The number of hydrazine groups is 1. The highest BCUT2D eigenvalue weighted by molar-refractivity contribution is 4.90. The largest absolute Gasteiger partial charge is 0.258 e. The SMILES string of the molecule is CNN1CC2CCCCC2C1C. The zero-order chi connectivity index (χ0) is 8.55. The van der Waals surface area contributed by atoms with E-state index in [2.05, 4.69) is 17.4 Å². The quantitative estimate of drug-likeness (QED) is 0.640. The Hall–Kier alpha value is -0.0800. The first-order chi connectivity index (χ1) is 5.83. The predicted molar refractivity (Wildman–Crippen MR) is 50.7 cm³/mol. The molecule has 2 fully saturated rings. The molecule has 2 rings (SSSR count). The minimum absolute atomic E-state index is 0.764. The lowest BCUT2D eigenvalue weighted by Crippen LogP contribution is -2.39. The van der Waals surface area contributed by atoms with Crippen molar-refractivity contribution in [3.05, 3.63) is 0 Å². The van der Waals surface area contributed by atoms with Crippen LogP contribution in [0.4, 0.5) is 0 Å². The Labute approximate surface area is 75.3 Å². The van der Waals surface area contributed by atoms with E-state index in [-0.39, 0.29) is 0 Å². The van der Waals surface area contributed by atoms with Gasteiger partial charge in [0.15, 0.2) is 0 Å². The van der Waals surface area contributed by atoms with Crippen molar-refractivity contribution < 1.29 is 0 Å². The molecule has 12 heavy (non-hydrogen) atoms. The Bertz CT molecular complexity index is 156. The topological polar surface area (TPSA) is 15.3 Å². The number of hydrogen-bond donors (Lipinski definition) is 1. The second-order valence-electron chi connectivity index (χ2n) is 4.32. The van der Waals surface area contributed by atoms with Crippen molar-refractivity contribution in [3.8, 4) is 0 Å². The molecule has 2 aliphatic rings. The Balaban J connectivity index is 2.03. The third-order valence-corrected chi connectivity index (χ3v) is 3.80. The zero-order valence-electron chi connectivity index (χ0n) is 8.21. The Morgan fingerprint density at radius 2 is 2.00 bits per heavy atom. The maximum absolute atomic E-state index is 3.30. The van der Waals surface area contributed by atoms with Crippen LogP contribution in [0.1, 0.15) is 32.6 Å². The summed E-state index contributed by atoms with van der Waals surface area (Å²) in [6, 6.07) is 0.764. The van der Waals surface area contributed by atoms with Gasteiger partial charge in [-0.3, -0.25) is 5.43 Å². The summed E-state index contributed by atoms with van der Waals surface area (Å²) in [5.41, 5.74) is 3.30. The lowest BCUT2D eigenvalue weighted by Gasteiger charge is -2.27. The average Bonchev–Trinajstić information content (AvgIpc) is 2.44. The van der Waals surface area contributed by atoms with E-state index in [9.17, 15) is 0 Å². The number of nitrogens with zero attached hydrogens (tertiary/aromatic N) is 1. The summed E-state index contributed by atoms with van der Waals surface area (Å²) in [5, 5.41) is 2.42. The molecule has 1 heterocycles. The van der Waals surface area contributed by atoms with Crippen LogP contribution >= 0.6 is 0 Å². The molecule has 70 valence electrons. The summed E-state index contributed by atoms with van der Waals surface area (Å²) in [4.78, 5) is 0. The van der Waals surface area contributed by atoms with E-state index in [1.807, 2.05) is 7.05 Å². The van der Waals surface area contributed by atoms with Crippen molar-refractivity contribution in [2.24, 2.45) is 11.8 Å². The molecule has 0 amide bonds. The van der Waals surface area contributed by atoms with Gasteiger partial charge in [0.2, 0.25) is 0 Å². The molecule has 1 saturated heterocycles. The first-order valence-electron chi connectivity index (χ1n) is 5.27. The fourth-order valence-corrected chi connectivity index (χ4v) is 3.04. The number of nitrogens with one attached hydrogen (secondary N) is 1. The molecule has 0 aromatic rings. The van der Waals surface area contributed by atoms with Crippen molar-refractivity contribution >= 4 is 0 Å². The van der Waals surface area contributed by atoms with Gasteiger partial charge in [-0.05, 0) is 38.6 Å².